The van der Waals surface area contributed by atoms with Crippen LogP contribution in [0.4, 0.5) is 5.69 Å². The fraction of sp³-hybridized carbons (Fsp3) is 0.270. The highest BCUT2D eigenvalue weighted by molar-refractivity contribution is 7.80. The van der Waals surface area contributed by atoms with Crippen LogP contribution in [0.1, 0.15) is 58.2 Å². The number of thiocarbonyl (C=S) groups is 1. The van der Waals surface area contributed by atoms with Crippen molar-refractivity contribution in [2.24, 2.45) is 5.92 Å². The van der Waals surface area contributed by atoms with E-state index in [-0.39, 0.29) is 23.0 Å². The average Bonchev–Trinajstić information content (AvgIpc) is 3.06. The molecular weight excluding hydrogens is 580 g/mol. The van der Waals surface area contributed by atoms with Crippen molar-refractivity contribution >= 4 is 34.8 Å². The molecule has 2 N–H and O–H groups in total. The van der Waals surface area contributed by atoms with Crippen LogP contribution in [-0.4, -0.2) is 59.5 Å². The standard InChI is InChI=1S/C37H40N4O3S/c1-27(2)20-25-44-31-17-11-16-30(26-31)35(42)39-37(45)38-33-19-10-9-18-32(33)36(43)41-23-21-40(22-24-41)34(28-12-5-3-6-13-28)29-14-7-4-8-15-29/h3-19,26-27,34H,20-25H2,1-2H3,(H2,38,39,42,45). The summed E-state index contributed by atoms with van der Waals surface area (Å²) in [6, 6.07) is 35.4. The van der Waals surface area contributed by atoms with Gasteiger partial charge in [-0.25, -0.2) is 0 Å². The van der Waals surface area contributed by atoms with Gasteiger partial charge in [0.25, 0.3) is 11.8 Å². The molecule has 0 radical (unpaired) electrons. The Balaban J connectivity index is 1.21. The maximum Gasteiger partial charge on any atom is 0.257 e. The summed E-state index contributed by atoms with van der Waals surface area (Å²) in [6.07, 6.45) is 0.931. The molecule has 8 heteroatoms. The van der Waals surface area contributed by atoms with Crippen molar-refractivity contribution in [3.8, 4) is 5.75 Å². The molecule has 0 aromatic heterocycles. The summed E-state index contributed by atoms with van der Waals surface area (Å²) in [6.45, 7) is 7.54. The summed E-state index contributed by atoms with van der Waals surface area (Å²) >= 11 is 5.48. The first-order chi connectivity index (χ1) is 21.9. The zero-order valence-corrected chi connectivity index (χ0v) is 26.6. The first kappa shape index (κ1) is 31.9. The number of nitrogens with one attached hydrogen (secondary N) is 2. The van der Waals surface area contributed by atoms with Crippen molar-refractivity contribution in [3.05, 3.63) is 131 Å². The van der Waals surface area contributed by atoms with E-state index in [9.17, 15) is 9.59 Å². The van der Waals surface area contributed by atoms with Crippen LogP contribution < -0.4 is 15.4 Å². The van der Waals surface area contributed by atoms with Gasteiger partial charge in [-0.15, -0.1) is 0 Å². The minimum atomic E-state index is -0.354. The maximum atomic E-state index is 13.8. The Labute approximate surface area is 271 Å². The lowest BCUT2D eigenvalue weighted by atomic mass is 9.96. The Morgan fingerprint density at radius 1 is 0.800 bits per heavy atom. The molecule has 0 atom stereocenters. The Morgan fingerprint density at radius 3 is 2.07 bits per heavy atom. The zero-order chi connectivity index (χ0) is 31.6. The van der Waals surface area contributed by atoms with E-state index in [1.165, 1.54) is 11.1 Å². The van der Waals surface area contributed by atoms with Crippen LogP contribution in [0.25, 0.3) is 0 Å². The van der Waals surface area contributed by atoms with Crippen molar-refractivity contribution in [1.82, 2.24) is 15.1 Å². The third kappa shape index (κ3) is 8.56. The average molecular weight is 621 g/mol. The molecule has 232 valence electrons. The Hall–Kier alpha value is -4.53. The topological polar surface area (TPSA) is 73.9 Å². The molecule has 4 aromatic carbocycles. The first-order valence-electron chi connectivity index (χ1n) is 15.5. The van der Waals surface area contributed by atoms with E-state index in [1.807, 2.05) is 35.2 Å². The van der Waals surface area contributed by atoms with Gasteiger partial charge in [-0.05, 0) is 66.0 Å². The molecule has 7 nitrogen and oxygen atoms in total. The number of benzene rings is 4. The van der Waals surface area contributed by atoms with E-state index in [4.69, 9.17) is 17.0 Å². The molecule has 5 rings (SSSR count). The van der Waals surface area contributed by atoms with E-state index in [0.717, 1.165) is 19.5 Å². The molecular formula is C37H40N4O3S. The van der Waals surface area contributed by atoms with Crippen LogP contribution >= 0.6 is 12.2 Å². The summed E-state index contributed by atoms with van der Waals surface area (Å²) in [5.41, 5.74) is 3.96. The van der Waals surface area contributed by atoms with Gasteiger partial charge in [-0.2, -0.15) is 0 Å². The van der Waals surface area contributed by atoms with E-state index < -0.39 is 0 Å². The van der Waals surface area contributed by atoms with Gasteiger partial charge in [0.1, 0.15) is 5.75 Å². The highest BCUT2D eigenvalue weighted by Crippen LogP contribution is 2.30. The van der Waals surface area contributed by atoms with Gasteiger partial charge >= 0.3 is 0 Å². The van der Waals surface area contributed by atoms with E-state index in [0.29, 0.717) is 48.2 Å². The SMILES string of the molecule is CC(C)CCOc1cccc(C(=O)NC(=S)Nc2ccccc2C(=O)N2CCN(C(c3ccccc3)c3ccccc3)CC2)c1. The number of carbonyl (C=O) groups excluding carboxylic acids is 2. The number of hydrogen-bond donors (Lipinski definition) is 2. The summed E-state index contributed by atoms with van der Waals surface area (Å²) < 4.78 is 5.80. The molecule has 45 heavy (non-hydrogen) atoms. The number of amides is 2. The molecule has 0 unspecified atom stereocenters. The summed E-state index contributed by atoms with van der Waals surface area (Å²) in [4.78, 5) is 31.0. The van der Waals surface area contributed by atoms with Gasteiger partial charge in [0, 0.05) is 31.7 Å². The van der Waals surface area contributed by atoms with Gasteiger partial charge in [0.05, 0.1) is 23.9 Å². The lowest BCUT2D eigenvalue weighted by Gasteiger charge is -2.40. The van der Waals surface area contributed by atoms with Crippen LogP contribution in [0.5, 0.6) is 5.75 Å². The molecule has 0 aliphatic carbocycles. The number of rotatable bonds is 10. The van der Waals surface area contributed by atoms with Crippen LogP contribution in [0, 0.1) is 5.92 Å². The lowest BCUT2D eigenvalue weighted by molar-refractivity contribution is 0.0598. The fourth-order valence-electron chi connectivity index (χ4n) is 5.49. The largest absolute Gasteiger partial charge is 0.494 e. The predicted octanol–water partition coefficient (Wildman–Crippen LogP) is 6.79. The predicted molar refractivity (Wildman–Crippen MR) is 184 cm³/mol. The van der Waals surface area contributed by atoms with Gasteiger partial charge in [-0.3, -0.25) is 19.8 Å². The molecule has 0 spiro atoms. The lowest BCUT2D eigenvalue weighted by Crippen LogP contribution is -2.50. The van der Waals surface area contributed by atoms with Crippen LogP contribution in [0.15, 0.2) is 109 Å². The molecule has 1 aliphatic heterocycles. The van der Waals surface area contributed by atoms with E-state index in [2.05, 4.69) is 77.9 Å². The molecule has 0 bridgehead atoms. The number of anilines is 1. The van der Waals surface area contributed by atoms with Gasteiger partial charge in [0.15, 0.2) is 5.11 Å². The zero-order valence-electron chi connectivity index (χ0n) is 25.8. The smallest absolute Gasteiger partial charge is 0.257 e. The van der Waals surface area contributed by atoms with Crippen LogP contribution in [-0.2, 0) is 0 Å². The molecule has 1 aliphatic rings. The Kier molecular flexibility index (Phi) is 11.0. The number of piperazine rings is 1. The Bertz CT molecular complexity index is 1550. The second-order valence-corrected chi connectivity index (χ2v) is 12.0. The minimum absolute atomic E-state index is 0.0749. The molecule has 0 saturated carbocycles. The molecule has 4 aromatic rings. The molecule has 1 fully saturated rings. The van der Waals surface area contributed by atoms with Crippen molar-refractivity contribution in [2.45, 2.75) is 26.3 Å². The minimum Gasteiger partial charge on any atom is -0.494 e. The third-order valence-corrected chi connectivity index (χ3v) is 8.09. The van der Waals surface area contributed by atoms with E-state index in [1.54, 1.807) is 30.3 Å². The quantitative estimate of drug-likeness (QED) is 0.190. The summed E-state index contributed by atoms with van der Waals surface area (Å²) in [7, 11) is 0. The Morgan fingerprint density at radius 2 is 1.42 bits per heavy atom. The maximum absolute atomic E-state index is 13.8. The van der Waals surface area contributed by atoms with Crippen molar-refractivity contribution in [3.63, 3.8) is 0 Å². The number of nitrogens with zero attached hydrogens (tertiary/aromatic N) is 2. The summed E-state index contributed by atoms with van der Waals surface area (Å²) in [5.74, 6) is 0.741. The monoisotopic (exact) mass is 620 g/mol. The fourth-order valence-corrected chi connectivity index (χ4v) is 5.69. The van der Waals surface area contributed by atoms with E-state index >= 15 is 0 Å². The van der Waals surface area contributed by atoms with Crippen molar-refractivity contribution in [2.75, 3.05) is 38.1 Å². The highest BCUT2D eigenvalue weighted by atomic mass is 32.1. The van der Waals surface area contributed by atoms with Crippen LogP contribution in [0.2, 0.25) is 0 Å². The van der Waals surface area contributed by atoms with Crippen molar-refractivity contribution < 1.29 is 14.3 Å². The second-order valence-electron chi connectivity index (χ2n) is 11.6. The normalized spacial score (nSPS) is 13.5. The molecule has 1 saturated heterocycles. The highest BCUT2D eigenvalue weighted by Gasteiger charge is 2.29. The third-order valence-electron chi connectivity index (χ3n) is 7.89. The first-order valence-corrected chi connectivity index (χ1v) is 15.9. The number of para-hydroxylation sites is 1. The van der Waals surface area contributed by atoms with Gasteiger partial charge < -0.3 is 15.0 Å². The number of carbonyl (C=O) groups is 2. The second kappa shape index (κ2) is 15.5. The van der Waals surface area contributed by atoms with Crippen molar-refractivity contribution in [1.29, 1.82) is 0 Å². The summed E-state index contributed by atoms with van der Waals surface area (Å²) in [5, 5.41) is 5.92. The van der Waals surface area contributed by atoms with Crippen LogP contribution in [0.3, 0.4) is 0 Å². The molecule has 1 heterocycles. The van der Waals surface area contributed by atoms with Gasteiger partial charge in [0.2, 0.25) is 0 Å². The number of hydrogen-bond acceptors (Lipinski definition) is 5. The molecule has 2 amide bonds. The number of ether oxygens (including phenoxy) is 1. The van der Waals surface area contributed by atoms with Gasteiger partial charge in [-0.1, -0.05) is 92.7 Å².